The van der Waals surface area contributed by atoms with Crippen LogP contribution in [0.3, 0.4) is 0 Å². The minimum Gasteiger partial charge on any atom is -0.490 e. The fourth-order valence-electron chi connectivity index (χ4n) is 8.37. The zero-order valence-corrected chi connectivity index (χ0v) is 31.1. The highest BCUT2D eigenvalue weighted by atomic mass is 35.5. The monoisotopic (exact) mass is 724 g/mol. The Morgan fingerprint density at radius 1 is 1.12 bits per heavy atom. The van der Waals surface area contributed by atoms with E-state index in [4.69, 9.17) is 25.8 Å². The van der Waals surface area contributed by atoms with E-state index in [-0.39, 0.29) is 40.6 Å². The Morgan fingerprint density at radius 2 is 1.92 bits per heavy atom. The van der Waals surface area contributed by atoms with Crippen molar-refractivity contribution in [1.29, 1.82) is 0 Å². The van der Waals surface area contributed by atoms with E-state index in [9.17, 15) is 13.8 Å². The summed E-state index contributed by atoms with van der Waals surface area (Å²) in [4.78, 5) is 31.2. The van der Waals surface area contributed by atoms with E-state index in [1.54, 1.807) is 18.1 Å². The SMILES string of the molecule is CO[C@H]1/C=C\C[C@H](C)CS(=O)(NC(=O)N2CC3(CCO3)C2)=NC(=O)c2ccc3c(c2)N(C[C@H](C)[C@H]1C)C[C@@]1(CCCc2cc(Cl)ccc21)CO3. The Hall–Kier alpha value is -3.12. The Balaban J connectivity index is 1.27. The van der Waals surface area contributed by atoms with Gasteiger partial charge in [-0.15, -0.1) is 4.36 Å². The van der Waals surface area contributed by atoms with Crippen molar-refractivity contribution < 1.29 is 28.0 Å². The molecule has 2 aromatic carbocycles. The van der Waals surface area contributed by atoms with Crippen LogP contribution in [0.5, 0.6) is 5.75 Å². The molecule has 10 nitrogen and oxygen atoms in total. The summed E-state index contributed by atoms with van der Waals surface area (Å²) in [6.07, 6.45) is 8.47. The molecule has 0 saturated carbocycles. The van der Waals surface area contributed by atoms with Gasteiger partial charge in [-0.2, -0.15) is 0 Å². The van der Waals surface area contributed by atoms with Crippen molar-refractivity contribution in [1.82, 2.24) is 9.62 Å². The van der Waals surface area contributed by atoms with Crippen LogP contribution in [0, 0.1) is 17.8 Å². The average molecular weight is 725 g/mol. The van der Waals surface area contributed by atoms with Crippen LogP contribution in [-0.4, -0.2) is 85.0 Å². The summed E-state index contributed by atoms with van der Waals surface area (Å²) in [5.41, 5.74) is 3.07. The number of benzene rings is 2. The number of aryl methyl sites for hydroxylation is 1. The number of urea groups is 1. The molecule has 3 amide bonds. The molecular formula is C38H49ClN4O6S. The van der Waals surface area contributed by atoms with Crippen molar-refractivity contribution in [2.24, 2.45) is 22.1 Å². The number of methoxy groups -OCH3 is 1. The predicted octanol–water partition coefficient (Wildman–Crippen LogP) is 6.40. The number of nitrogens with one attached hydrogen (secondary N) is 1. The number of rotatable bonds is 2. The largest absolute Gasteiger partial charge is 0.490 e. The molecular weight excluding hydrogens is 676 g/mol. The molecule has 2 saturated heterocycles. The van der Waals surface area contributed by atoms with Crippen molar-refractivity contribution in [2.45, 2.75) is 70.0 Å². The van der Waals surface area contributed by atoms with Crippen LogP contribution in [-0.2, 0) is 31.2 Å². The van der Waals surface area contributed by atoms with Crippen LogP contribution in [0.25, 0.3) is 0 Å². The molecule has 50 heavy (non-hydrogen) atoms. The van der Waals surface area contributed by atoms with Crippen molar-refractivity contribution in [3.8, 4) is 5.75 Å². The molecule has 4 heterocycles. The van der Waals surface area contributed by atoms with Crippen LogP contribution in [0.2, 0.25) is 5.02 Å². The molecule has 2 spiro atoms. The molecule has 0 radical (unpaired) electrons. The highest BCUT2D eigenvalue weighted by Crippen LogP contribution is 2.45. The third kappa shape index (κ3) is 6.90. The number of amides is 3. The normalized spacial score (nSPS) is 32.9. The minimum atomic E-state index is -3.48. The maximum absolute atomic E-state index is 14.5. The van der Waals surface area contributed by atoms with Gasteiger partial charge in [0.15, 0.2) is 0 Å². The highest BCUT2D eigenvalue weighted by Gasteiger charge is 2.51. The first-order valence-corrected chi connectivity index (χ1v) is 20.0. The fourth-order valence-corrected chi connectivity index (χ4v) is 10.5. The van der Waals surface area contributed by atoms with E-state index in [2.05, 4.69) is 52.1 Å². The molecule has 2 bridgehead atoms. The number of hydrogen-bond acceptors (Lipinski definition) is 7. The number of nitrogens with zero attached hydrogens (tertiary/aromatic N) is 3. The van der Waals surface area contributed by atoms with Crippen molar-refractivity contribution in [2.75, 3.05) is 57.2 Å². The zero-order valence-electron chi connectivity index (χ0n) is 29.5. The van der Waals surface area contributed by atoms with Crippen molar-refractivity contribution in [3.05, 3.63) is 70.3 Å². The maximum Gasteiger partial charge on any atom is 0.330 e. The average Bonchev–Trinajstić information content (AvgIpc) is 3.17. The molecule has 2 aromatic rings. The lowest BCUT2D eigenvalue weighted by Gasteiger charge is -2.54. The second-order valence-electron chi connectivity index (χ2n) is 15.3. The molecule has 270 valence electrons. The third-order valence-corrected chi connectivity index (χ3v) is 13.8. The molecule has 4 aliphatic heterocycles. The van der Waals surface area contributed by atoms with Gasteiger partial charge in [-0.25, -0.2) is 9.00 Å². The van der Waals surface area contributed by atoms with Gasteiger partial charge in [-0.05, 0) is 84.9 Å². The van der Waals surface area contributed by atoms with Gasteiger partial charge in [0.2, 0.25) is 0 Å². The second kappa shape index (κ2) is 13.8. The lowest BCUT2D eigenvalue weighted by atomic mass is 9.70. The Bertz CT molecular complexity index is 1800. The molecule has 12 heteroatoms. The number of likely N-dealkylation sites (tertiary alicyclic amines) is 1. The van der Waals surface area contributed by atoms with E-state index in [0.717, 1.165) is 36.4 Å². The third-order valence-electron chi connectivity index (χ3n) is 11.5. The number of carbonyl (C=O) groups excluding carboxylic acids is 2. The summed E-state index contributed by atoms with van der Waals surface area (Å²) in [7, 11) is -1.74. The summed E-state index contributed by atoms with van der Waals surface area (Å²) < 4.78 is 39.7. The first kappa shape index (κ1) is 35.3. The quantitative estimate of drug-likeness (QED) is 0.357. The van der Waals surface area contributed by atoms with E-state index < -0.39 is 21.9 Å². The standard InChI is InChI=1S/C38H49ClN4O6S/c1-25-7-5-9-33(47-4)27(3)26(2)19-42-21-37(14-6-8-28-17-30(39)11-12-31(28)37)24-48-34-13-10-29(18-32(34)42)35(44)40-50(46,20-25)41-36(45)43-22-38(23-43)15-16-49-38/h5,9-13,17-18,25-27,33H,6-8,14-16,19-24H2,1-4H3,(H,40,41,44,45,46)/b9-5-/t25-,26-,27+,33-,37-,50?/m0/s1. The number of anilines is 1. The van der Waals surface area contributed by atoms with Gasteiger partial charge in [0, 0.05) is 42.6 Å². The smallest absolute Gasteiger partial charge is 0.330 e. The van der Waals surface area contributed by atoms with Gasteiger partial charge < -0.3 is 24.0 Å². The Morgan fingerprint density at radius 3 is 2.66 bits per heavy atom. The number of halogens is 1. The lowest BCUT2D eigenvalue weighted by Crippen LogP contribution is -2.70. The summed E-state index contributed by atoms with van der Waals surface area (Å²) in [5, 5.41) is 0.736. The van der Waals surface area contributed by atoms with Crippen LogP contribution in [0.4, 0.5) is 10.5 Å². The molecule has 2 fully saturated rings. The minimum absolute atomic E-state index is 0.0278. The van der Waals surface area contributed by atoms with Gasteiger partial charge in [-0.3, -0.25) is 9.52 Å². The molecule has 6 atom stereocenters. The number of hydrogen-bond donors (Lipinski definition) is 1. The van der Waals surface area contributed by atoms with Crippen LogP contribution in [0.1, 0.15) is 67.9 Å². The van der Waals surface area contributed by atoms with E-state index in [1.807, 2.05) is 25.1 Å². The summed E-state index contributed by atoms with van der Waals surface area (Å²) >= 11 is 6.45. The Kier molecular flexibility index (Phi) is 9.73. The van der Waals surface area contributed by atoms with Crippen molar-refractivity contribution >= 4 is 39.1 Å². The summed E-state index contributed by atoms with van der Waals surface area (Å²) in [6, 6.07) is 11.1. The maximum atomic E-state index is 14.5. The first-order valence-electron chi connectivity index (χ1n) is 17.9. The van der Waals surface area contributed by atoms with Gasteiger partial charge in [0.25, 0.3) is 5.91 Å². The van der Waals surface area contributed by atoms with E-state index >= 15 is 0 Å². The van der Waals surface area contributed by atoms with Crippen LogP contribution in [0.15, 0.2) is 52.9 Å². The van der Waals surface area contributed by atoms with Gasteiger partial charge >= 0.3 is 6.03 Å². The Labute approximate surface area is 301 Å². The molecule has 1 N–H and O–H groups in total. The second-order valence-corrected chi connectivity index (χ2v) is 17.8. The van der Waals surface area contributed by atoms with Crippen molar-refractivity contribution in [3.63, 3.8) is 0 Å². The molecule has 7 rings (SSSR count). The zero-order chi connectivity index (χ0) is 35.3. The summed E-state index contributed by atoms with van der Waals surface area (Å²) in [5.74, 6) is 0.342. The lowest BCUT2D eigenvalue weighted by molar-refractivity contribution is -0.208. The summed E-state index contributed by atoms with van der Waals surface area (Å²) in [6.45, 7) is 9.89. The van der Waals surface area contributed by atoms with Crippen LogP contribution < -0.4 is 14.4 Å². The van der Waals surface area contributed by atoms with E-state index in [0.29, 0.717) is 57.1 Å². The topological polar surface area (TPSA) is 110 Å². The predicted molar refractivity (Wildman–Crippen MR) is 195 cm³/mol. The molecule has 0 aromatic heterocycles. The van der Waals surface area contributed by atoms with E-state index in [1.165, 1.54) is 11.1 Å². The molecule has 1 unspecified atom stereocenters. The number of allylic oxidation sites excluding steroid dienone is 1. The first-order chi connectivity index (χ1) is 23.9. The number of carbonyl (C=O) groups is 2. The van der Waals surface area contributed by atoms with Gasteiger partial charge in [-0.1, -0.05) is 50.6 Å². The number of ether oxygens (including phenoxy) is 3. The van der Waals surface area contributed by atoms with Crippen LogP contribution >= 0.6 is 11.6 Å². The van der Waals surface area contributed by atoms with Gasteiger partial charge in [0.1, 0.15) is 21.3 Å². The molecule has 1 aliphatic carbocycles. The fraction of sp³-hybridized carbons (Fsp3) is 0.579. The molecule has 5 aliphatic rings. The highest BCUT2D eigenvalue weighted by molar-refractivity contribution is 7.92. The number of fused-ring (bicyclic) bond motifs is 3. The van der Waals surface area contributed by atoms with Gasteiger partial charge in [0.05, 0.1) is 43.8 Å².